The van der Waals surface area contributed by atoms with E-state index in [-0.39, 0.29) is 9.92 Å². The molecule has 0 saturated carbocycles. The first-order valence-corrected chi connectivity index (χ1v) is 7.21. The standard InChI is InChI=1S/C12H15ClN2O2S/c1-12(2,3)11(8-14)15-18(16,17)10-7-5-4-6-9(10)13/h4-7,11,15H,1-3H3/t11-/m1/s1. The molecule has 0 aliphatic heterocycles. The van der Waals surface area contributed by atoms with Crippen molar-refractivity contribution < 1.29 is 8.42 Å². The summed E-state index contributed by atoms with van der Waals surface area (Å²) in [7, 11) is -3.79. The molecule has 0 saturated heterocycles. The molecule has 0 radical (unpaired) electrons. The highest BCUT2D eigenvalue weighted by Gasteiger charge is 2.30. The van der Waals surface area contributed by atoms with E-state index in [0.717, 1.165) is 0 Å². The van der Waals surface area contributed by atoms with Gasteiger partial charge in [0.2, 0.25) is 10.0 Å². The third kappa shape index (κ3) is 3.45. The van der Waals surface area contributed by atoms with Gasteiger partial charge in [-0.3, -0.25) is 0 Å². The summed E-state index contributed by atoms with van der Waals surface area (Å²) in [6.45, 7) is 5.36. The summed E-state index contributed by atoms with van der Waals surface area (Å²) in [6.07, 6.45) is 0. The first-order valence-electron chi connectivity index (χ1n) is 5.35. The van der Waals surface area contributed by atoms with Crippen molar-refractivity contribution in [1.82, 2.24) is 4.72 Å². The minimum atomic E-state index is -3.79. The van der Waals surface area contributed by atoms with Crippen LogP contribution in [0.4, 0.5) is 0 Å². The smallest absolute Gasteiger partial charge is 0.207 e. The summed E-state index contributed by atoms with van der Waals surface area (Å²) >= 11 is 5.85. The van der Waals surface area contributed by atoms with Gasteiger partial charge in [0.1, 0.15) is 10.9 Å². The fourth-order valence-corrected chi connectivity index (χ4v) is 3.14. The highest BCUT2D eigenvalue weighted by molar-refractivity contribution is 7.89. The van der Waals surface area contributed by atoms with Crippen molar-refractivity contribution in [3.63, 3.8) is 0 Å². The summed E-state index contributed by atoms with van der Waals surface area (Å²) in [4.78, 5) is -0.0174. The quantitative estimate of drug-likeness (QED) is 0.928. The summed E-state index contributed by atoms with van der Waals surface area (Å²) < 4.78 is 26.6. The van der Waals surface area contributed by atoms with Gasteiger partial charge in [0, 0.05) is 0 Å². The van der Waals surface area contributed by atoms with Crippen molar-refractivity contribution in [2.75, 3.05) is 0 Å². The van der Waals surface area contributed by atoms with Crippen molar-refractivity contribution in [2.24, 2.45) is 5.41 Å². The van der Waals surface area contributed by atoms with Crippen LogP contribution in [-0.4, -0.2) is 14.5 Å². The lowest BCUT2D eigenvalue weighted by Crippen LogP contribution is -2.42. The van der Waals surface area contributed by atoms with E-state index in [0.29, 0.717) is 0 Å². The Bertz CT molecular complexity index is 570. The van der Waals surface area contributed by atoms with Gasteiger partial charge in [-0.1, -0.05) is 44.5 Å². The average molecular weight is 287 g/mol. The molecule has 0 aliphatic carbocycles. The monoisotopic (exact) mass is 286 g/mol. The van der Waals surface area contributed by atoms with Crippen molar-refractivity contribution in [3.05, 3.63) is 29.3 Å². The van der Waals surface area contributed by atoms with E-state index >= 15 is 0 Å². The van der Waals surface area contributed by atoms with Gasteiger partial charge in [-0.25, -0.2) is 8.42 Å². The van der Waals surface area contributed by atoms with E-state index in [1.54, 1.807) is 32.9 Å². The molecule has 1 atom stereocenters. The number of halogens is 1. The number of nitriles is 1. The summed E-state index contributed by atoms with van der Waals surface area (Å²) in [5.74, 6) is 0. The summed E-state index contributed by atoms with van der Waals surface area (Å²) in [6, 6.07) is 7.26. The molecule has 1 N–H and O–H groups in total. The molecule has 0 heterocycles. The van der Waals surface area contributed by atoms with E-state index < -0.39 is 21.5 Å². The zero-order valence-corrected chi connectivity index (χ0v) is 12.0. The molecular formula is C12H15ClN2O2S. The fourth-order valence-electron chi connectivity index (χ4n) is 1.28. The van der Waals surface area contributed by atoms with Gasteiger partial charge in [0.15, 0.2) is 0 Å². The number of nitrogens with zero attached hydrogens (tertiary/aromatic N) is 1. The minimum absolute atomic E-state index is 0.0174. The molecule has 1 aromatic rings. The topological polar surface area (TPSA) is 70.0 Å². The Labute approximate surface area is 113 Å². The molecule has 1 rings (SSSR count). The van der Waals surface area contributed by atoms with Crippen LogP contribution >= 0.6 is 11.6 Å². The molecule has 0 aromatic heterocycles. The van der Waals surface area contributed by atoms with E-state index in [2.05, 4.69) is 4.72 Å². The Morgan fingerprint density at radius 2 is 1.89 bits per heavy atom. The predicted molar refractivity (Wildman–Crippen MR) is 70.6 cm³/mol. The van der Waals surface area contributed by atoms with Crippen molar-refractivity contribution in [3.8, 4) is 6.07 Å². The second kappa shape index (κ2) is 5.27. The molecule has 0 amide bonds. The van der Waals surface area contributed by atoms with Gasteiger partial charge in [-0.15, -0.1) is 0 Å². The Morgan fingerprint density at radius 3 is 2.33 bits per heavy atom. The van der Waals surface area contributed by atoms with Crippen LogP contribution in [0.25, 0.3) is 0 Å². The predicted octanol–water partition coefficient (Wildman–Crippen LogP) is 2.56. The van der Waals surface area contributed by atoms with E-state index in [1.165, 1.54) is 12.1 Å². The van der Waals surface area contributed by atoms with Crippen molar-refractivity contribution in [2.45, 2.75) is 31.7 Å². The molecule has 1 aromatic carbocycles. The molecule has 0 fully saturated rings. The minimum Gasteiger partial charge on any atom is -0.207 e. The van der Waals surface area contributed by atoms with Crippen LogP contribution < -0.4 is 4.72 Å². The van der Waals surface area contributed by atoms with Gasteiger partial charge in [0.25, 0.3) is 0 Å². The first-order chi connectivity index (χ1) is 8.18. The van der Waals surface area contributed by atoms with Gasteiger partial charge >= 0.3 is 0 Å². The van der Waals surface area contributed by atoms with Gasteiger partial charge in [0.05, 0.1) is 11.1 Å². The van der Waals surface area contributed by atoms with Crippen LogP contribution in [-0.2, 0) is 10.0 Å². The lowest BCUT2D eigenvalue weighted by Gasteiger charge is -2.25. The largest absolute Gasteiger partial charge is 0.243 e. The maximum atomic E-state index is 12.1. The molecule has 0 spiro atoms. The molecule has 0 aliphatic rings. The van der Waals surface area contributed by atoms with Crippen LogP contribution in [0.1, 0.15) is 20.8 Å². The second-order valence-corrected chi connectivity index (χ2v) is 7.07. The molecule has 4 nitrogen and oxygen atoms in total. The summed E-state index contributed by atoms with van der Waals surface area (Å²) in [5, 5.41) is 9.17. The normalized spacial score (nSPS) is 13.9. The highest BCUT2D eigenvalue weighted by atomic mass is 35.5. The lowest BCUT2D eigenvalue weighted by atomic mass is 9.88. The van der Waals surface area contributed by atoms with Gasteiger partial charge in [-0.2, -0.15) is 9.98 Å². The Kier molecular flexibility index (Phi) is 4.38. The number of nitrogens with one attached hydrogen (secondary N) is 1. The first kappa shape index (κ1) is 15.0. The third-order valence-corrected chi connectivity index (χ3v) is 4.32. The Balaban J connectivity index is 3.11. The molecule has 18 heavy (non-hydrogen) atoms. The molecule has 6 heteroatoms. The summed E-state index contributed by atoms with van der Waals surface area (Å²) in [5.41, 5.74) is -0.497. The number of sulfonamides is 1. The second-order valence-electron chi connectivity index (χ2n) is 4.98. The van der Waals surface area contributed by atoms with Crippen LogP contribution in [0, 0.1) is 16.7 Å². The number of hydrogen-bond acceptors (Lipinski definition) is 3. The van der Waals surface area contributed by atoms with E-state index in [1.807, 2.05) is 6.07 Å². The zero-order valence-electron chi connectivity index (χ0n) is 10.4. The van der Waals surface area contributed by atoms with Gasteiger partial charge < -0.3 is 0 Å². The fraction of sp³-hybridized carbons (Fsp3) is 0.417. The Hall–Kier alpha value is -1.09. The van der Waals surface area contributed by atoms with Crippen LogP contribution in [0.15, 0.2) is 29.2 Å². The molecule has 98 valence electrons. The van der Waals surface area contributed by atoms with E-state index in [4.69, 9.17) is 16.9 Å². The van der Waals surface area contributed by atoms with Crippen LogP contribution in [0.5, 0.6) is 0 Å². The SMILES string of the molecule is CC(C)(C)[C@@H](C#N)NS(=O)(=O)c1ccccc1Cl. The number of rotatable bonds is 3. The van der Waals surface area contributed by atoms with Gasteiger partial charge in [-0.05, 0) is 17.5 Å². The highest BCUT2D eigenvalue weighted by Crippen LogP contribution is 2.24. The van der Waals surface area contributed by atoms with Crippen molar-refractivity contribution in [1.29, 1.82) is 5.26 Å². The molecular weight excluding hydrogens is 272 g/mol. The molecule has 0 unspecified atom stereocenters. The Morgan fingerprint density at radius 1 is 1.33 bits per heavy atom. The van der Waals surface area contributed by atoms with Crippen LogP contribution in [0.3, 0.4) is 0 Å². The zero-order chi connectivity index (χ0) is 14.0. The average Bonchev–Trinajstić information content (AvgIpc) is 2.24. The third-order valence-electron chi connectivity index (χ3n) is 2.39. The van der Waals surface area contributed by atoms with Crippen molar-refractivity contribution >= 4 is 21.6 Å². The van der Waals surface area contributed by atoms with E-state index in [9.17, 15) is 8.42 Å². The molecule has 0 bridgehead atoms. The lowest BCUT2D eigenvalue weighted by molar-refractivity contribution is 0.350. The maximum Gasteiger partial charge on any atom is 0.243 e. The maximum absolute atomic E-state index is 12.1. The number of benzene rings is 1. The van der Waals surface area contributed by atoms with Crippen LogP contribution in [0.2, 0.25) is 5.02 Å². The number of hydrogen-bond donors (Lipinski definition) is 1.